The van der Waals surface area contributed by atoms with Gasteiger partial charge in [0.2, 0.25) is 5.91 Å². The van der Waals surface area contributed by atoms with E-state index in [0.717, 1.165) is 5.69 Å². The molecule has 1 N–H and O–H groups in total. The normalized spacial score (nSPS) is 10.2. The molecule has 0 atom stereocenters. The summed E-state index contributed by atoms with van der Waals surface area (Å²) in [6, 6.07) is 7.93. The first-order valence-corrected chi connectivity index (χ1v) is 4.47. The minimum absolute atomic E-state index is 0.0303. The monoisotopic (exact) mass is 177 g/mol. The number of rotatable bonds is 2. The van der Waals surface area contributed by atoms with Crippen LogP contribution in [0.3, 0.4) is 0 Å². The number of nitrogens with one attached hydrogen (secondary N) is 1. The average Bonchev–Trinajstić information content (AvgIpc) is 2.04. The molecular weight excluding hydrogens is 162 g/mol. The molecule has 0 aliphatic heterocycles. The van der Waals surface area contributed by atoms with E-state index in [4.69, 9.17) is 0 Å². The van der Waals surface area contributed by atoms with E-state index in [1.165, 1.54) is 12.5 Å². The van der Waals surface area contributed by atoms with Crippen LogP contribution in [0.1, 0.15) is 32.3 Å². The van der Waals surface area contributed by atoms with E-state index in [2.05, 4.69) is 19.2 Å². The molecule has 0 radical (unpaired) electrons. The fourth-order valence-corrected chi connectivity index (χ4v) is 1.15. The molecule has 0 heterocycles. The largest absolute Gasteiger partial charge is 0.326 e. The summed E-state index contributed by atoms with van der Waals surface area (Å²) in [7, 11) is 0. The highest BCUT2D eigenvalue weighted by atomic mass is 16.1. The van der Waals surface area contributed by atoms with Crippen LogP contribution in [0.15, 0.2) is 24.3 Å². The van der Waals surface area contributed by atoms with Crippen molar-refractivity contribution in [1.82, 2.24) is 0 Å². The molecule has 0 bridgehead atoms. The van der Waals surface area contributed by atoms with E-state index in [1.54, 1.807) is 0 Å². The third-order valence-electron chi connectivity index (χ3n) is 1.90. The van der Waals surface area contributed by atoms with Crippen molar-refractivity contribution in [2.75, 3.05) is 5.32 Å². The number of amides is 1. The Morgan fingerprint density at radius 2 is 1.77 bits per heavy atom. The van der Waals surface area contributed by atoms with Crippen molar-refractivity contribution in [3.05, 3.63) is 29.8 Å². The number of hydrogen-bond acceptors (Lipinski definition) is 1. The van der Waals surface area contributed by atoms with Crippen LogP contribution in [-0.4, -0.2) is 5.91 Å². The van der Waals surface area contributed by atoms with Crippen molar-refractivity contribution in [1.29, 1.82) is 0 Å². The molecule has 2 nitrogen and oxygen atoms in total. The third-order valence-corrected chi connectivity index (χ3v) is 1.90. The molecule has 1 rings (SSSR count). The minimum atomic E-state index is -0.0303. The van der Waals surface area contributed by atoms with E-state index < -0.39 is 0 Å². The predicted octanol–water partition coefficient (Wildman–Crippen LogP) is 2.77. The van der Waals surface area contributed by atoms with E-state index in [-0.39, 0.29) is 5.91 Å². The molecule has 2 heteroatoms. The molecule has 0 unspecified atom stereocenters. The van der Waals surface area contributed by atoms with Gasteiger partial charge in [-0.15, -0.1) is 0 Å². The van der Waals surface area contributed by atoms with Crippen molar-refractivity contribution in [3.8, 4) is 0 Å². The molecule has 70 valence electrons. The maximum Gasteiger partial charge on any atom is 0.221 e. The average molecular weight is 177 g/mol. The highest BCUT2D eigenvalue weighted by molar-refractivity contribution is 5.88. The lowest BCUT2D eigenvalue weighted by Crippen LogP contribution is -2.05. The first-order chi connectivity index (χ1) is 6.09. The second kappa shape index (κ2) is 4.08. The standard InChI is InChI=1S/C11H15NO/c1-8(2)10-4-6-11(7-5-10)12-9(3)13/h4-8H,1-3H3,(H,12,13). The maximum absolute atomic E-state index is 10.7. The smallest absolute Gasteiger partial charge is 0.221 e. The van der Waals surface area contributed by atoms with Gasteiger partial charge in [0.15, 0.2) is 0 Å². The summed E-state index contributed by atoms with van der Waals surface area (Å²) in [6.45, 7) is 5.80. The number of benzene rings is 1. The molecular formula is C11H15NO. The summed E-state index contributed by atoms with van der Waals surface area (Å²) < 4.78 is 0. The Bertz CT molecular complexity index is 287. The summed E-state index contributed by atoms with van der Waals surface area (Å²) in [5, 5.41) is 2.73. The summed E-state index contributed by atoms with van der Waals surface area (Å²) in [5.74, 6) is 0.503. The first-order valence-electron chi connectivity index (χ1n) is 4.47. The van der Waals surface area contributed by atoms with Gasteiger partial charge in [0.1, 0.15) is 0 Å². The van der Waals surface area contributed by atoms with Gasteiger partial charge in [-0.2, -0.15) is 0 Å². The van der Waals surface area contributed by atoms with Crippen molar-refractivity contribution < 1.29 is 4.79 Å². The third kappa shape index (κ3) is 2.90. The van der Waals surface area contributed by atoms with Gasteiger partial charge in [0.05, 0.1) is 0 Å². The van der Waals surface area contributed by atoms with Gasteiger partial charge in [-0.25, -0.2) is 0 Å². The van der Waals surface area contributed by atoms with Crippen LogP contribution in [0.4, 0.5) is 5.69 Å². The quantitative estimate of drug-likeness (QED) is 0.739. The van der Waals surface area contributed by atoms with Crippen LogP contribution in [0.2, 0.25) is 0 Å². The van der Waals surface area contributed by atoms with Gasteiger partial charge < -0.3 is 5.32 Å². The van der Waals surface area contributed by atoms with Crippen molar-refractivity contribution in [2.45, 2.75) is 26.7 Å². The van der Waals surface area contributed by atoms with Crippen LogP contribution in [-0.2, 0) is 4.79 Å². The molecule has 0 aromatic heterocycles. The Kier molecular flexibility index (Phi) is 3.07. The Morgan fingerprint density at radius 3 is 2.15 bits per heavy atom. The van der Waals surface area contributed by atoms with E-state index in [1.807, 2.05) is 24.3 Å². The fraction of sp³-hybridized carbons (Fsp3) is 0.364. The van der Waals surface area contributed by atoms with Crippen LogP contribution < -0.4 is 5.32 Å². The lowest BCUT2D eigenvalue weighted by atomic mass is 10.0. The molecule has 0 aliphatic rings. The van der Waals surface area contributed by atoms with Gasteiger partial charge in [-0.1, -0.05) is 26.0 Å². The van der Waals surface area contributed by atoms with Gasteiger partial charge in [-0.05, 0) is 23.6 Å². The van der Waals surface area contributed by atoms with E-state index in [0.29, 0.717) is 5.92 Å². The fourth-order valence-electron chi connectivity index (χ4n) is 1.15. The number of hydrogen-bond donors (Lipinski definition) is 1. The highest BCUT2D eigenvalue weighted by Gasteiger charge is 1.99. The van der Waals surface area contributed by atoms with E-state index >= 15 is 0 Å². The topological polar surface area (TPSA) is 29.1 Å². The summed E-state index contributed by atoms with van der Waals surface area (Å²) >= 11 is 0. The summed E-state index contributed by atoms with van der Waals surface area (Å²) in [4.78, 5) is 10.7. The van der Waals surface area contributed by atoms with Crippen LogP contribution >= 0.6 is 0 Å². The molecule has 0 saturated carbocycles. The zero-order valence-corrected chi connectivity index (χ0v) is 8.29. The summed E-state index contributed by atoms with van der Waals surface area (Å²) in [6.07, 6.45) is 0. The second-order valence-corrected chi connectivity index (χ2v) is 3.46. The number of anilines is 1. The van der Waals surface area contributed by atoms with Crippen LogP contribution in [0.5, 0.6) is 0 Å². The van der Waals surface area contributed by atoms with Gasteiger partial charge >= 0.3 is 0 Å². The highest BCUT2D eigenvalue weighted by Crippen LogP contribution is 2.16. The van der Waals surface area contributed by atoms with Crippen molar-refractivity contribution in [3.63, 3.8) is 0 Å². The molecule has 0 aliphatic carbocycles. The molecule has 0 spiro atoms. The number of carbonyl (C=O) groups excluding carboxylic acids is 1. The maximum atomic E-state index is 10.7. The van der Waals surface area contributed by atoms with Gasteiger partial charge in [-0.3, -0.25) is 4.79 Å². The van der Waals surface area contributed by atoms with Crippen molar-refractivity contribution >= 4 is 11.6 Å². The molecule has 13 heavy (non-hydrogen) atoms. The first kappa shape index (κ1) is 9.78. The van der Waals surface area contributed by atoms with Crippen molar-refractivity contribution in [2.24, 2.45) is 0 Å². The lowest BCUT2D eigenvalue weighted by Gasteiger charge is -2.06. The Hall–Kier alpha value is -1.31. The number of carbonyl (C=O) groups is 1. The molecule has 1 amide bonds. The molecule has 1 aromatic rings. The second-order valence-electron chi connectivity index (χ2n) is 3.46. The van der Waals surface area contributed by atoms with Gasteiger partial charge in [0, 0.05) is 12.6 Å². The molecule has 1 aromatic carbocycles. The van der Waals surface area contributed by atoms with E-state index in [9.17, 15) is 4.79 Å². The minimum Gasteiger partial charge on any atom is -0.326 e. The SMILES string of the molecule is CC(=O)Nc1ccc(C(C)C)cc1. The Labute approximate surface area is 79.0 Å². The molecule has 0 saturated heterocycles. The van der Waals surface area contributed by atoms with Crippen LogP contribution in [0, 0.1) is 0 Å². The van der Waals surface area contributed by atoms with Crippen LogP contribution in [0.25, 0.3) is 0 Å². The Morgan fingerprint density at radius 1 is 1.23 bits per heavy atom. The zero-order chi connectivity index (χ0) is 9.84. The zero-order valence-electron chi connectivity index (χ0n) is 8.29. The summed E-state index contributed by atoms with van der Waals surface area (Å²) in [5.41, 5.74) is 2.14. The van der Waals surface area contributed by atoms with Gasteiger partial charge in [0.25, 0.3) is 0 Å². The lowest BCUT2D eigenvalue weighted by molar-refractivity contribution is -0.114. The predicted molar refractivity (Wildman–Crippen MR) is 54.8 cm³/mol. The molecule has 0 fully saturated rings. The Balaban J connectivity index is 2.75.